The molecule has 19 heavy (non-hydrogen) atoms. The molecule has 1 N–H and O–H groups in total. The molecule has 0 aromatic carbocycles. The van der Waals surface area contributed by atoms with E-state index in [4.69, 9.17) is 11.6 Å². The highest BCUT2D eigenvalue weighted by Crippen LogP contribution is 2.18. The van der Waals surface area contributed by atoms with Crippen LogP contribution in [-0.2, 0) is 6.54 Å². The highest BCUT2D eigenvalue weighted by atomic mass is 35.5. The van der Waals surface area contributed by atoms with Crippen molar-refractivity contribution in [3.8, 4) is 0 Å². The lowest BCUT2D eigenvalue weighted by atomic mass is 10.2. The zero-order valence-electron chi connectivity index (χ0n) is 10.5. The Hall–Kier alpha value is -1.36. The first-order valence-electron chi connectivity index (χ1n) is 6.12. The average Bonchev–Trinajstić information content (AvgIpc) is 3.04. The molecule has 0 spiro atoms. The van der Waals surface area contributed by atoms with Gasteiger partial charge < -0.3 is 9.72 Å². The third-order valence-electron chi connectivity index (χ3n) is 3.02. The summed E-state index contributed by atoms with van der Waals surface area (Å²) in [6.45, 7) is 2.91. The van der Waals surface area contributed by atoms with Gasteiger partial charge in [-0.15, -0.1) is 11.3 Å². The standard InChI is InChI=1S/C14H14ClN3S/c1-10(13-3-2-6-19-13)16-7-12-9-18-8-11(15)4-5-14(18)17-12/h2-6,8-10,16H,7H2,1H3. The molecule has 0 bridgehead atoms. The van der Waals surface area contributed by atoms with Gasteiger partial charge in [-0.05, 0) is 30.5 Å². The minimum absolute atomic E-state index is 0.341. The number of nitrogens with zero attached hydrogens (tertiary/aromatic N) is 2. The van der Waals surface area contributed by atoms with Crippen molar-refractivity contribution in [1.29, 1.82) is 0 Å². The minimum Gasteiger partial charge on any atom is -0.305 e. The van der Waals surface area contributed by atoms with Crippen LogP contribution in [0.1, 0.15) is 23.5 Å². The molecule has 0 saturated carbocycles. The maximum Gasteiger partial charge on any atom is 0.137 e. The summed E-state index contributed by atoms with van der Waals surface area (Å²) in [6.07, 6.45) is 3.88. The van der Waals surface area contributed by atoms with Gasteiger partial charge in [0.2, 0.25) is 0 Å². The number of imidazole rings is 1. The van der Waals surface area contributed by atoms with Gasteiger partial charge in [-0.2, -0.15) is 0 Å². The fraction of sp³-hybridized carbons (Fsp3) is 0.214. The van der Waals surface area contributed by atoms with E-state index in [1.165, 1.54) is 4.88 Å². The van der Waals surface area contributed by atoms with Gasteiger partial charge in [0.25, 0.3) is 0 Å². The molecule has 1 unspecified atom stereocenters. The van der Waals surface area contributed by atoms with Crippen molar-refractivity contribution in [3.63, 3.8) is 0 Å². The van der Waals surface area contributed by atoms with E-state index in [2.05, 4.69) is 34.7 Å². The van der Waals surface area contributed by atoms with E-state index in [0.29, 0.717) is 6.04 Å². The lowest BCUT2D eigenvalue weighted by Crippen LogP contribution is -2.17. The Bertz CT molecular complexity index is 675. The Morgan fingerprint density at radius 3 is 3.05 bits per heavy atom. The number of hydrogen-bond acceptors (Lipinski definition) is 3. The van der Waals surface area contributed by atoms with Crippen molar-refractivity contribution in [2.75, 3.05) is 0 Å². The molecule has 0 amide bonds. The summed E-state index contributed by atoms with van der Waals surface area (Å²) in [6, 6.07) is 8.34. The van der Waals surface area contributed by atoms with Gasteiger partial charge in [-0.25, -0.2) is 4.98 Å². The van der Waals surface area contributed by atoms with Crippen molar-refractivity contribution in [2.45, 2.75) is 19.5 Å². The van der Waals surface area contributed by atoms with Gasteiger partial charge in [-0.3, -0.25) is 0 Å². The number of fused-ring (bicyclic) bond motifs is 1. The molecule has 3 aromatic rings. The second-order valence-electron chi connectivity index (χ2n) is 4.46. The van der Waals surface area contributed by atoms with Crippen LogP contribution in [-0.4, -0.2) is 9.38 Å². The van der Waals surface area contributed by atoms with E-state index in [0.717, 1.165) is 22.9 Å². The average molecular weight is 292 g/mol. The van der Waals surface area contributed by atoms with Gasteiger partial charge in [-0.1, -0.05) is 17.7 Å². The summed E-state index contributed by atoms with van der Waals surface area (Å²) in [7, 11) is 0. The van der Waals surface area contributed by atoms with Crippen LogP contribution in [0.25, 0.3) is 5.65 Å². The van der Waals surface area contributed by atoms with Crippen LogP contribution >= 0.6 is 22.9 Å². The molecule has 0 aliphatic carbocycles. The van der Waals surface area contributed by atoms with E-state index in [1.807, 2.05) is 28.9 Å². The molecule has 0 saturated heterocycles. The summed E-state index contributed by atoms with van der Waals surface area (Å²) < 4.78 is 1.95. The number of aromatic nitrogens is 2. The van der Waals surface area contributed by atoms with Crippen LogP contribution in [0.2, 0.25) is 5.02 Å². The normalized spacial score (nSPS) is 12.9. The molecule has 0 aliphatic rings. The predicted octanol–water partition coefficient (Wildman–Crippen LogP) is 3.90. The second-order valence-corrected chi connectivity index (χ2v) is 5.88. The fourth-order valence-corrected chi connectivity index (χ4v) is 2.93. The first kappa shape index (κ1) is 12.7. The maximum absolute atomic E-state index is 5.96. The monoisotopic (exact) mass is 291 g/mol. The Labute approximate surface area is 120 Å². The van der Waals surface area contributed by atoms with Crippen LogP contribution in [0.3, 0.4) is 0 Å². The van der Waals surface area contributed by atoms with E-state index < -0.39 is 0 Å². The third-order valence-corrected chi connectivity index (χ3v) is 4.30. The molecule has 0 radical (unpaired) electrons. The van der Waals surface area contributed by atoms with Gasteiger partial charge >= 0.3 is 0 Å². The van der Waals surface area contributed by atoms with Gasteiger partial charge in [0.1, 0.15) is 5.65 Å². The molecule has 3 nitrogen and oxygen atoms in total. The summed E-state index contributed by atoms with van der Waals surface area (Å²) in [5.74, 6) is 0. The SMILES string of the molecule is CC(NCc1cn2cc(Cl)ccc2n1)c1cccs1. The van der Waals surface area contributed by atoms with Crippen molar-refractivity contribution in [2.24, 2.45) is 0 Å². The number of nitrogens with one attached hydrogen (secondary N) is 1. The van der Waals surface area contributed by atoms with Crippen LogP contribution in [0.5, 0.6) is 0 Å². The van der Waals surface area contributed by atoms with E-state index in [-0.39, 0.29) is 0 Å². The Morgan fingerprint density at radius 1 is 1.37 bits per heavy atom. The number of pyridine rings is 1. The molecular formula is C14H14ClN3S. The van der Waals surface area contributed by atoms with Crippen LogP contribution in [0.15, 0.2) is 42.0 Å². The lowest BCUT2D eigenvalue weighted by Gasteiger charge is -2.10. The smallest absolute Gasteiger partial charge is 0.137 e. The third kappa shape index (κ3) is 2.81. The fourth-order valence-electron chi connectivity index (χ4n) is 2.00. The molecule has 1 atom stereocenters. The number of thiophene rings is 1. The summed E-state index contributed by atoms with van der Waals surface area (Å²) in [5.41, 5.74) is 1.94. The Morgan fingerprint density at radius 2 is 2.26 bits per heavy atom. The van der Waals surface area contributed by atoms with Crippen LogP contribution in [0.4, 0.5) is 0 Å². The molecule has 98 valence electrons. The second kappa shape index (κ2) is 5.33. The van der Waals surface area contributed by atoms with Crippen molar-refractivity contribution >= 4 is 28.6 Å². The highest BCUT2D eigenvalue weighted by molar-refractivity contribution is 7.10. The first-order valence-corrected chi connectivity index (χ1v) is 7.38. The molecule has 0 aliphatic heterocycles. The van der Waals surface area contributed by atoms with Crippen LogP contribution < -0.4 is 5.32 Å². The summed E-state index contributed by atoms with van der Waals surface area (Å²) in [4.78, 5) is 5.89. The maximum atomic E-state index is 5.96. The summed E-state index contributed by atoms with van der Waals surface area (Å²) >= 11 is 7.73. The lowest BCUT2D eigenvalue weighted by molar-refractivity contribution is 0.577. The van der Waals surface area contributed by atoms with E-state index >= 15 is 0 Å². The minimum atomic E-state index is 0.341. The molecule has 5 heteroatoms. The van der Waals surface area contributed by atoms with Gasteiger partial charge in [0.05, 0.1) is 10.7 Å². The predicted molar refractivity (Wildman–Crippen MR) is 79.8 cm³/mol. The molecule has 3 heterocycles. The largest absolute Gasteiger partial charge is 0.305 e. The zero-order valence-corrected chi connectivity index (χ0v) is 12.1. The number of halogens is 1. The van der Waals surface area contributed by atoms with Gasteiger partial charge in [0, 0.05) is 29.9 Å². The Balaban J connectivity index is 1.71. The molecule has 3 aromatic heterocycles. The highest BCUT2D eigenvalue weighted by Gasteiger charge is 2.07. The molecular weight excluding hydrogens is 278 g/mol. The summed E-state index contributed by atoms with van der Waals surface area (Å²) in [5, 5.41) is 6.29. The number of rotatable bonds is 4. The first-order chi connectivity index (χ1) is 9.22. The zero-order chi connectivity index (χ0) is 13.2. The van der Waals surface area contributed by atoms with Gasteiger partial charge in [0.15, 0.2) is 0 Å². The molecule has 0 fully saturated rings. The Kier molecular flexibility index (Phi) is 3.55. The quantitative estimate of drug-likeness (QED) is 0.790. The van der Waals surface area contributed by atoms with Crippen LogP contribution in [0, 0.1) is 0 Å². The van der Waals surface area contributed by atoms with E-state index in [9.17, 15) is 0 Å². The van der Waals surface area contributed by atoms with Crippen molar-refractivity contribution in [3.05, 3.63) is 57.6 Å². The van der Waals surface area contributed by atoms with E-state index in [1.54, 1.807) is 11.3 Å². The van der Waals surface area contributed by atoms with Crippen molar-refractivity contribution in [1.82, 2.24) is 14.7 Å². The van der Waals surface area contributed by atoms with Crippen molar-refractivity contribution < 1.29 is 0 Å². The molecule has 3 rings (SSSR count). The topological polar surface area (TPSA) is 29.3 Å². The number of hydrogen-bond donors (Lipinski definition) is 1.